The molecule has 4 rings (SSSR count). The third-order valence-electron chi connectivity index (χ3n) is 5.53. The monoisotopic (exact) mass is 331 g/mol. The number of piperazine rings is 1. The SMILES string of the molecule is CCOCc1nc2c(c(N3CCN4CCCC4C3)n1)CCNCC2. The molecule has 2 fully saturated rings. The smallest absolute Gasteiger partial charge is 0.156 e. The van der Waals surface area contributed by atoms with Gasteiger partial charge in [0, 0.05) is 50.8 Å². The topological polar surface area (TPSA) is 53.5 Å². The molecule has 3 aliphatic rings. The molecule has 6 nitrogen and oxygen atoms in total. The first-order chi connectivity index (χ1) is 11.8. The van der Waals surface area contributed by atoms with E-state index in [4.69, 9.17) is 14.7 Å². The second kappa shape index (κ2) is 7.33. The molecule has 1 atom stereocenters. The molecular formula is C18H29N5O. The molecule has 24 heavy (non-hydrogen) atoms. The van der Waals surface area contributed by atoms with Crippen molar-refractivity contribution < 1.29 is 4.74 Å². The number of hydrogen-bond donors (Lipinski definition) is 1. The van der Waals surface area contributed by atoms with Crippen LogP contribution < -0.4 is 10.2 Å². The van der Waals surface area contributed by atoms with E-state index in [-0.39, 0.29) is 0 Å². The van der Waals surface area contributed by atoms with Gasteiger partial charge in [-0.1, -0.05) is 0 Å². The minimum Gasteiger partial charge on any atom is -0.374 e. The summed E-state index contributed by atoms with van der Waals surface area (Å²) in [5, 5.41) is 3.50. The number of ether oxygens (including phenoxy) is 1. The summed E-state index contributed by atoms with van der Waals surface area (Å²) in [6.45, 7) is 9.93. The normalized spacial score (nSPS) is 24.5. The van der Waals surface area contributed by atoms with Gasteiger partial charge in [-0.25, -0.2) is 9.97 Å². The highest BCUT2D eigenvalue weighted by molar-refractivity contribution is 5.51. The van der Waals surface area contributed by atoms with Gasteiger partial charge < -0.3 is 15.0 Å². The molecule has 3 aliphatic heterocycles. The lowest BCUT2D eigenvalue weighted by Crippen LogP contribution is -2.50. The van der Waals surface area contributed by atoms with Gasteiger partial charge in [-0.05, 0) is 39.3 Å². The molecule has 0 amide bonds. The summed E-state index contributed by atoms with van der Waals surface area (Å²) in [4.78, 5) is 14.9. The van der Waals surface area contributed by atoms with E-state index >= 15 is 0 Å². The van der Waals surface area contributed by atoms with Gasteiger partial charge in [0.15, 0.2) is 5.82 Å². The zero-order valence-corrected chi connectivity index (χ0v) is 14.8. The number of fused-ring (bicyclic) bond motifs is 2. The third kappa shape index (κ3) is 3.27. The van der Waals surface area contributed by atoms with Gasteiger partial charge in [0.2, 0.25) is 0 Å². The summed E-state index contributed by atoms with van der Waals surface area (Å²) in [5.41, 5.74) is 2.60. The van der Waals surface area contributed by atoms with Crippen molar-refractivity contribution in [3.05, 3.63) is 17.1 Å². The molecule has 0 radical (unpaired) electrons. The fraction of sp³-hybridized carbons (Fsp3) is 0.778. The van der Waals surface area contributed by atoms with Crippen molar-refractivity contribution in [2.45, 2.75) is 45.3 Å². The van der Waals surface area contributed by atoms with E-state index in [0.717, 1.165) is 44.8 Å². The van der Waals surface area contributed by atoms with Crippen molar-refractivity contribution in [2.75, 3.05) is 50.8 Å². The van der Waals surface area contributed by atoms with Gasteiger partial charge in [0.25, 0.3) is 0 Å². The van der Waals surface area contributed by atoms with E-state index in [1.54, 1.807) is 0 Å². The Labute approximate surface area is 144 Å². The van der Waals surface area contributed by atoms with Crippen LogP contribution in [0.1, 0.15) is 36.8 Å². The van der Waals surface area contributed by atoms with Crippen molar-refractivity contribution in [3.63, 3.8) is 0 Å². The van der Waals surface area contributed by atoms with Crippen molar-refractivity contribution >= 4 is 5.82 Å². The second-order valence-electron chi connectivity index (χ2n) is 7.05. The number of aromatic nitrogens is 2. The molecule has 0 aromatic carbocycles. The predicted molar refractivity (Wildman–Crippen MR) is 94.4 cm³/mol. The molecule has 1 aromatic heterocycles. The molecule has 0 saturated carbocycles. The fourth-order valence-electron chi connectivity index (χ4n) is 4.28. The van der Waals surface area contributed by atoms with Crippen LogP contribution in [-0.4, -0.2) is 66.8 Å². The Morgan fingerprint density at radius 3 is 3.00 bits per heavy atom. The average Bonchev–Trinajstić information content (AvgIpc) is 2.95. The van der Waals surface area contributed by atoms with Gasteiger partial charge in [0.05, 0.1) is 5.69 Å². The van der Waals surface area contributed by atoms with Gasteiger partial charge >= 0.3 is 0 Å². The number of nitrogens with one attached hydrogen (secondary N) is 1. The Hall–Kier alpha value is -1.24. The molecule has 6 heteroatoms. The zero-order valence-electron chi connectivity index (χ0n) is 14.8. The second-order valence-corrected chi connectivity index (χ2v) is 7.05. The standard InChI is InChI=1S/C18H29N5O/c1-2-24-13-17-20-16-6-8-19-7-5-15(16)18(21-17)23-11-10-22-9-3-4-14(22)12-23/h14,19H,2-13H2,1H3. The van der Waals surface area contributed by atoms with Gasteiger partial charge in [-0.15, -0.1) is 0 Å². The third-order valence-corrected chi connectivity index (χ3v) is 5.53. The summed E-state index contributed by atoms with van der Waals surface area (Å²) >= 11 is 0. The molecule has 132 valence electrons. The average molecular weight is 331 g/mol. The maximum atomic E-state index is 5.59. The molecule has 1 unspecified atom stereocenters. The summed E-state index contributed by atoms with van der Waals surface area (Å²) < 4.78 is 5.59. The Balaban J connectivity index is 1.64. The van der Waals surface area contributed by atoms with Crippen molar-refractivity contribution in [3.8, 4) is 0 Å². The van der Waals surface area contributed by atoms with Gasteiger partial charge in [0.1, 0.15) is 12.4 Å². The molecule has 1 aromatic rings. The highest BCUT2D eigenvalue weighted by Crippen LogP contribution is 2.29. The van der Waals surface area contributed by atoms with Gasteiger partial charge in [-0.3, -0.25) is 4.90 Å². The highest BCUT2D eigenvalue weighted by atomic mass is 16.5. The number of rotatable bonds is 4. The van der Waals surface area contributed by atoms with E-state index in [1.165, 1.54) is 43.0 Å². The molecule has 2 saturated heterocycles. The Morgan fingerprint density at radius 2 is 2.08 bits per heavy atom. The summed E-state index contributed by atoms with van der Waals surface area (Å²) in [6, 6.07) is 0.712. The molecule has 4 heterocycles. The van der Waals surface area contributed by atoms with Crippen molar-refractivity contribution in [1.82, 2.24) is 20.2 Å². The van der Waals surface area contributed by atoms with Crippen LogP contribution in [0.4, 0.5) is 5.82 Å². The molecule has 1 N–H and O–H groups in total. The maximum absolute atomic E-state index is 5.59. The summed E-state index contributed by atoms with van der Waals surface area (Å²) in [7, 11) is 0. The van der Waals surface area contributed by atoms with Gasteiger partial charge in [-0.2, -0.15) is 0 Å². The van der Waals surface area contributed by atoms with Crippen molar-refractivity contribution in [1.29, 1.82) is 0 Å². The lowest BCUT2D eigenvalue weighted by atomic mass is 10.1. The number of hydrogen-bond acceptors (Lipinski definition) is 6. The lowest BCUT2D eigenvalue weighted by molar-refractivity contribution is 0.128. The Bertz CT molecular complexity index is 579. The first-order valence-corrected chi connectivity index (χ1v) is 9.51. The number of nitrogens with zero attached hydrogens (tertiary/aromatic N) is 4. The van der Waals surface area contributed by atoms with E-state index in [1.807, 2.05) is 6.92 Å². The van der Waals surface area contributed by atoms with E-state index in [0.29, 0.717) is 19.3 Å². The van der Waals surface area contributed by atoms with Crippen molar-refractivity contribution in [2.24, 2.45) is 0 Å². The van der Waals surface area contributed by atoms with Crippen LogP contribution in [0.3, 0.4) is 0 Å². The quantitative estimate of drug-likeness (QED) is 0.888. The predicted octanol–water partition coefficient (Wildman–Crippen LogP) is 0.986. The van der Waals surface area contributed by atoms with Crippen LogP contribution >= 0.6 is 0 Å². The Morgan fingerprint density at radius 1 is 1.17 bits per heavy atom. The molecule has 0 bridgehead atoms. The van der Waals surface area contributed by atoms with Crippen LogP contribution in [0.5, 0.6) is 0 Å². The molecular weight excluding hydrogens is 302 g/mol. The molecule has 0 aliphatic carbocycles. The molecule has 0 spiro atoms. The maximum Gasteiger partial charge on any atom is 0.156 e. The highest BCUT2D eigenvalue weighted by Gasteiger charge is 2.32. The fourth-order valence-corrected chi connectivity index (χ4v) is 4.28. The summed E-state index contributed by atoms with van der Waals surface area (Å²) in [5.74, 6) is 2.03. The van der Waals surface area contributed by atoms with Crippen LogP contribution in [0.15, 0.2) is 0 Å². The van der Waals surface area contributed by atoms with Crippen LogP contribution in [-0.2, 0) is 24.2 Å². The first-order valence-electron chi connectivity index (χ1n) is 9.51. The summed E-state index contributed by atoms with van der Waals surface area (Å²) in [6.07, 6.45) is 4.70. The van der Waals surface area contributed by atoms with Crippen LogP contribution in [0, 0.1) is 0 Å². The van der Waals surface area contributed by atoms with E-state index < -0.39 is 0 Å². The number of anilines is 1. The van der Waals surface area contributed by atoms with E-state index in [9.17, 15) is 0 Å². The lowest BCUT2D eigenvalue weighted by Gasteiger charge is -2.39. The largest absolute Gasteiger partial charge is 0.374 e. The minimum atomic E-state index is 0.521. The first kappa shape index (κ1) is 16.2. The minimum absolute atomic E-state index is 0.521. The Kier molecular flexibility index (Phi) is 4.96. The van der Waals surface area contributed by atoms with E-state index in [2.05, 4.69) is 15.1 Å². The van der Waals surface area contributed by atoms with Crippen LogP contribution in [0.25, 0.3) is 0 Å². The van der Waals surface area contributed by atoms with Crippen LogP contribution in [0.2, 0.25) is 0 Å². The zero-order chi connectivity index (χ0) is 16.4.